The average Bonchev–Trinajstić information content (AvgIpc) is 3.41. The molecule has 1 aromatic carbocycles. The first kappa shape index (κ1) is 22.3. The summed E-state index contributed by atoms with van der Waals surface area (Å²) >= 11 is 0. The number of ether oxygens (including phenoxy) is 1. The molecular formula is C24H24F2N6O2. The minimum Gasteiger partial charge on any atom is -0.461 e. The molecule has 8 nitrogen and oxygen atoms in total. The third-order valence-electron chi connectivity index (χ3n) is 7.06. The van der Waals surface area contributed by atoms with Gasteiger partial charge in [0.25, 0.3) is 5.92 Å². The number of rotatable bonds is 4. The molecule has 5 rings (SSSR count). The minimum absolute atomic E-state index is 0.472. The Morgan fingerprint density at radius 2 is 1.94 bits per heavy atom. The number of fused-ring (bicyclic) bond motifs is 1. The van der Waals surface area contributed by atoms with Crippen LogP contribution in [-0.2, 0) is 9.53 Å². The number of halogens is 2. The van der Waals surface area contributed by atoms with E-state index in [4.69, 9.17) is 10.5 Å². The lowest BCUT2D eigenvalue weighted by molar-refractivity contribution is -0.155. The number of cyclic esters (lactones) is 1. The first-order valence-electron chi connectivity index (χ1n) is 11.1. The number of H-pyrrole nitrogens is 1. The van der Waals surface area contributed by atoms with Gasteiger partial charge in [-0.25, -0.2) is 8.78 Å². The second kappa shape index (κ2) is 8.05. The minimum atomic E-state index is -3.08. The lowest BCUT2D eigenvalue weighted by Gasteiger charge is -2.45. The van der Waals surface area contributed by atoms with Gasteiger partial charge in [0.05, 0.1) is 5.69 Å². The van der Waals surface area contributed by atoms with Crippen molar-refractivity contribution in [3.05, 3.63) is 54.4 Å². The van der Waals surface area contributed by atoms with Crippen LogP contribution < -0.4 is 5.73 Å². The van der Waals surface area contributed by atoms with Crippen LogP contribution in [0.25, 0.3) is 28.6 Å². The van der Waals surface area contributed by atoms with Crippen LogP contribution in [-0.4, -0.2) is 49.1 Å². The van der Waals surface area contributed by atoms with E-state index in [-0.39, 0.29) is 0 Å². The number of allylic oxidation sites excluding steroid dienone is 1. The second-order valence-corrected chi connectivity index (χ2v) is 9.09. The van der Waals surface area contributed by atoms with Gasteiger partial charge < -0.3 is 10.5 Å². The Morgan fingerprint density at radius 1 is 1.18 bits per heavy atom. The molecule has 1 saturated carbocycles. The normalized spacial score (nSPS) is 30.3. The fourth-order valence-corrected chi connectivity index (χ4v) is 5.26. The van der Waals surface area contributed by atoms with Crippen LogP contribution in [0.3, 0.4) is 0 Å². The van der Waals surface area contributed by atoms with Crippen LogP contribution in [0.5, 0.6) is 0 Å². The van der Waals surface area contributed by atoms with E-state index in [1.165, 1.54) is 6.92 Å². The number of esters is 1. The van der Waals surface area contributed by atoms with Gasteiger partial charge in [-0.15, -0.1) is 10.2 Å². The number of nitrogens with two attached hydrogens (primary N) is 1. The van der Waals surface area contributed by atoms with Gasteiger partial charge in [-0.05, 0) is 35.8 Å². The van der Waals surface area contributed by atoms with Crippen molar-refractivity contribution in [2.24, 2.45) is 23.5 Å². The molecule has 5 atom stereocenters. The summed E-state index contributed by atoms with van der Waals surface area (Å²) < 4.78 is 34.9. The molecule has 0 amide bonds. The number of nitrogens with zero attached hydrogens (tertiary/aromatic N) is 4. The summed E-state index contributed by atoms with van der Waals surface area (Å²) in [5.74, 6) is -5.54. The molecule has 2 aromatic heterocycles. The molecule has 1 aliphatic heterocycles. The van der Waals surface area contributed by atoms with Crippen LogP contribution in [0.4, 0.5) is 8.78 Å². The predicted molar refractivity (Wildman–Crippen MR) is 120 cm³/mol. The molecule has 176 valence electrons. The molecule has 2 fully saturated rings. The molecular weight excluding hydrogens is 442 g/mol. The summed E-state index contributed by atoms with van der Waals surface area (Å²) in [4.78, 5) is 16.8. The topological polar surface area (TPSA) is 120 Å². The number of nitrogens with one attached hydrogen (secondary N) is 1. The molecule has 0 spiro atoms. The molecule has 2 aliphatic rings. The second-order valence-electron chi connectivity index (χ2n) is 9.09. The zero-order valence-electron chi connectivity index (χ0n) is 18.7. The molecule has 3 heterocycles. The van der Waals surface area contributed by atoms with E-state index in [1.54, 1.807) is 31.3 Å². The van der Waals surface area contributed by atoms with Crippen molar-refractivity contribution in [1.82, 2.24) is 25.6 Å². The Bertz CT molecular complexity index is 1230. The summed E-state index contributed by atoms with van der Waals surface area (Å²) in [6.07, 6.45) is 3.86. The number of alkyl halides is 2. The van der Waals surface area contributed by atoms with Crippen LogP contribution in [0.15, 0.2) is 48.7 Å². The average molecular weight is 466 g/mol. The number of tetrazole rings is 1. The quantitative estimate of drug-likeness (QED) is 0.565. The Kier molecular flexibility index (Phi) is 5.27. The molecule has 10 heteroatoms. The summed E-state index contributed by atoms with van der Waals surface area (Å²) in [7, 11) is 0. The number of hydrogen-bond donors (Lipinski definition) is 2. The van der Waals surface area contributed by atoms with Crippen molar-refractivity contribution in [2.75, 3.05) is 0 Å². The third-order valence-corrected chi connectivity index (χ3v) is 7.06. The van der Waals surface area contributed by atoms with Crippen molar-refractivity contribution in [3.8, 4) is 22.5 Å². The standard InChI is InChI=1S/C24H24F2N6O2/c1-13-17(20-14(2)34-22(33)23(20,27)12-24(13,25)26)10-9-16-8-7-15(11-28-16)18-5-3-4-6-19(18)21-29-31-32-30-21/h3-11,13-14,17,20H,12,27H2,1-2H3,(H,29,30,31,32)/b10-9+/t13-,14+,17-,20-,23-/m0/s1. The van der Waals surface area contributed by atoms with Crippen LogP contribution in [0.2, 0.25) is 0 Å². The number of carbonyl (C=O) groups excluding carboxylic acids is 1. The van der Waals surface area contributed by atoms with Crippen molar-refractivity contribution >= 4 is 12.0 Å². The monoisotopic (exact) mass is 466 g/mol. The van der Waals surface area contributed by atoms with E-state index in [2.05, 4.69) is 25.6 Å². The van der Waals surface area contributed by atoms with Crippen molar-refractivity contribution in [2.45, 2.75) is 37.8 Å². The number of aromatic nitrogens is 5. The van der Waals surface area contributed by atoms with Gasteiger partial charge in [-0.1, -0.05) is 43.3 Å². The molecule has 0 bridgehead atoms. The number of benzene rings is 1. The number of pyridine rings is 1. The largest absolute Gasteiger partial charge is 0.461 e. The molecule has 3 N–H and O–H groups in total. The lowest BCUT2D eigenvalue weighted by atomic mass is 9.61. The van der Waals surface area contributed by atoms with Gasteiger partial charge in [0, 0.05) is 35.6 Å². The van der Waals surface area contributed by atoms with E-state index in [9.17, 15) is 13.6 Å². The lowest BCUT2D eigenvalue weighted by Crippen LogP contribution is -2.62. The van der Waals surface area contributed by atoms with Gasteiger partial charge in [0.15, 0.2) is 0 Å². The van der Waals surface area contributed by atoms with Gasteiger partial charge in [-0.3, -0.25) is 9.78 Å². The number of hydrogen-bond acceptors (Lipinski definition) is 7. The molecule has 34 heavy (non-hydrogen) atoms. The SMILES string of the molecule is C[C@H]1OC(=O)[C@]2(N)CC(F)(F)[C@@H](C)[C@H](/C=C/c3ccc(-c4ccccc4-c4nn[nH]n4)cn3)[C@H]12. The summed E-state index contributed by atoms with van der Waals surface area (Å²) in [5, 5.41) is 14.2. The summed E-state index contributed by atoms with van der Waals surface area (Å²) in [6.45, 7) is 3.21. The van der Waals surface area contributed by atoms with Gasteiger partial charge in [0.1, 0.15) is 11.6 Å². The van der Waals surface area contributed by atoms with E-state index in [0.717, 1.165) is 16.7 Å². The van der Waals surface area contributed by atoms with Crippen molar-refractivity contribution in [3.63, 3.8) is 0 Å². The molecule has 0 radical (unpaired) electrons. The maximum absolute atomic E-state index is 14.8. The summed E-state index contributed by atoms with van der Waals surface area (Å²) in [6, 6.07) is 11.3. The van der Waals surface area contributed by atoms with Gasteiger partial charge in [-0.2, -0.15) is 5.21 Å². The van der Waals surface area contributed by atoms with E-state index < -0.39 is 47.7 Å². The first-order valence-corrected chi connectivity index (χ1v) is 11.1. The van der Waals surface area contributed by atoms with E-state index in [0.29, 0.717) is 11.5 Å². The van der Waals surface area contributed by atoms with Crippen LogP contribution in [0, 0.1) is 17.8 Å². The van der Waals surface area contributed by atoms with Crippen molar-refractivity contribution in [1.29, 1.82) is 0 Å². The summed E-state index contributed by atoms with van der Waals surface area (Å²) in [5.41, 5.74) is 7.65. The van der Waals surface area contributed by atoms with E-state index >= 15 is 0 Å². The Balaban J connectivity index is 1.43. The van der Waals surface area contributed by atoms with Gasteiger partial charge in [0.2, 0.25) is 5.82 Å². The smallest absolute Gasteiger partial charge is 0.327 e. The molecule has 1 aliphatic carbocycles. The Labute approximate surface area is 194 Å². The van der Waals surface area contributed by atoms with E-state index in [1.807, 2.05) is 30.3 Å². The highest BCUT2D eigenvalue weighted by molar-refractivity contribution is 5.84. The zero-order chi connectivity index (χ0) is 24.1. The van der Waals surface area contributed by atoms with Crippen molar-refractivity contribution < 1.29 is 18.3 Å². The highest BCUT2D eigenvalue weighted by atomic mass is 19.3. The number of carbonyl (C=O) groups is 1. The Morgan fingerprint density at radius 3 is 2.62 bits per heavy atom. The number of aromatic amines is 1. The van der Waals surface area contributed by atoms with Crippen LogP contribution in [0.1, 0.15) is 26.0 Å². The highest BCUT2D eigenvalue weighted by Gasteiger charge is 2.66. The fraction of sp³-hybridized carbons (Fsp3) is 0.375. The molecule has 1 saturated heterocycles. The van der Waals surface area contributed by atoms with Crippen LogP contribution >= 0.6 is 0 Å². The first-order chi connectivity index (χ1) is 16.2. The predicted octanol–water partition coefficient (Wildman–Crippen LogP) is 3.49. The maximum Gasteiger partial charge on any atom is 0.327 e. The molecule has 3 aromatic rings. The Hall–Kier alpha value is -3.53. The fourth-order valence-electron chi connectivity index (χ4n) is 5.26. The maximum atomic E-state index is 14.8. The van der Waals surface area contributed by atoms with Gasteiger partial charge >= 0.3 is 5.97 Å². The third kappa shape index (κ3) is 3.58. The highest BCUT2D eigenvalue weighted by Crippen LogP contribution is 2.53. The zero-order valence-corrected chi connectivity index (χ0v) is 18.7. The molecule has 0 unspecified atom stereocenters.